The number of thiocarbonyl (C=S) groups is 1. The summed E-state index contributed by atoms with van der Waals surface area (Å²) in [5.74, 6) is 0.0929. The van der Waals surface area contributed by atoms with E-state index < -0.39 is 11.6 Å². The smallest absolute Gasteiger partial charge is 0.236 e. The van der Waals surface area contributed by atoms with E-state index in [9.17, 15) is 4.79 Å². The molecule has 0 aliphatic carbocycles. The van der Waals surface area contributed by atoms with Gasteiger partial charge in [-0.3, -0.25) is 9.69 Å². The average Bonchev–Trinajstić information content (AvgIpc) is 2.76. The lowest BCUT2D eigenvalue weighted by Crippen LogP contribution is -2.72. The van der Waals surface area contributed by atoms with Gasteiger partial charge in [0.1, 0.15) is 11.7 Å². The van der Waals surface area contributed by atoms with Crippen LogP contribution in [0.3, 0.4) is 0 Å². The lowest BCUT2D eigenvalue weighted by atomic mass is 9.78. The number of benzene rings is 3. The highest BCUT2D eigenvalue weighted by Crippen LogP contribution is 2.50. The Balaban J connectivity index is 1.63. The van der Waals surface area contributed by atoms with E-state index >= 15 is 0 Å². The molecular formula is C28H29N3O2S. The van der Waals surface area contributed by atoms with Crippen molar-refractivity contribution in [3.63, 3.8) is 0 Å². The number of ether oxygens (including phenoxy) is 1. The molecule has 2 bridgehead atoms. The molecule has 0 spiro atoms. The van der Waals surface area contributed by atoms with Gasteiger partial charge in [-0.1, -0.05) is 47.5 Å². The van der Waals surface area contributed by atoms with Crippen molar-refractivity contribution in [2.45, 2.75) is 46.4 Å². The monoisotopic (exact) mass is 471 g/mol. The minimum Gasteiger partial charge on any atom is -0.467 e. The van der Waals surface area contributed by atoms with Crippen LogP contribution < -0.4 is 20.3 Å². The van der Waals surface area contributed by atoms with E-state index in [0.29, 0.717) is 5.11 Å². The first-order chi connectivity index (χ1) is 16.2. The Bertz CT molecular complexity index is 1320. The third-order valence-corrected chi connectivity index (χ3v) is 7.14. The normalized spacial score (nSPS) is 23.0. The van der Waals surface area contributed by atoms with E-state index in [1.165, 1.54) is 0 Å². The molecule has 5 rings (SSSR count). The second-order valence-corrected chi connectivity index (χ2v) is 9.97. The number of nitrogens with zero attached hydrogens (tertiary/aromatic N) is 1. The van der Waals surface area contributed by atoms with E-state index in [1.807, 2.05) is 82.0 Å². The maximum atomic E-state index is 14.0. The molecule has 2 aliphatic heterocycles. The van der Waals surface area contributed by atoms with Crippen LogP contribution in [-0.2, 0) is 4.79 Å². The van der Waals surface area contributed by atoms with Gasteiger partial charge in [-0.25, -0.2) is 0 Å². The Labute approximate surface area is 206 Å². The van der Waals surface area contributed by atoms with E-state index in [4.69, 9.17) is 17.0 Å². The minimum absolute atomic E-state index is 0.112. The van der Waals surface area contributed by atoms with Gasteiger partial charge >= 0.3 is 0 Å². The number of amides is 1. The van der Waals surface area contributed by atoms with Crippen LogP contribution >= 0.6 is 12.2 Å². The molecule has 0 aromatic heterocycles. The predicted octanol–water partition coefficient (Wildman–Crippen LogP) is 5.72. The molecule has 1 fully saturated rings. The summed E-state index contributed by atoms with van der Waals surface area (Å²) in [7, 11) is 0. The van der Waals surface area contributed by atoms with Crippen LogP contribution in [0.2, 0.25) is 0 Å². The number of aryl methyl sites for hydroxylation is 4. The van der Waals surface area contributed by atoms with Crippen molar-refractivity contribution >= 4 is 34.6 Å². The van der Waals surface area contributed by atoms with Gasteiger partial charge in [0, 0.05) is 16.9 Å². The van der Waals surface area contributed by atoms with Crippen molar-refractivity contribution in [1.29, 1.82) is 0 Å². The Morgan fingerprint density at radius 2 is 1.71 bits per heavy atom. The number of carbonyl (C=O) groups is 1. The predicted molar refractivity (Wildman–Crippen MR) is 140 cm³/mol. The van der Waals surface area contributed by atoms with E-state index in [-0.39, 0.29) is 11.9 Å². The van der Waals surface area contributed by atoms with Crippen molar-refractivity contribution in [2.75, 3.05) is 10.2 Å². The number of nitrogens with one attached hydrogen (secondary N) is 2. The van der Waals surface area contributed by atoms with Gasteiger partial charge in [-0.15, -0.1) is 0 Å². The van der Waals surface area contributed by atoms with Gasteiger partial charge < -0.3 is 15.4 Å². The summed E-state index contributed by atoms with van der Waals surface area (Å²) in [6.07, 6.45) is 0. The summed E-state index contributed by atoms with van der Waals surface area (Å²) >= 11 is 5.85. The standard InChI is InChI=1S/C28H29N3O2S/c1-16-7-6-8-20(14-16)31-27(34)30-25-21-15-18(3)10-12-23(21)33-28(31,5)24(25)26(32)29-22-11-9-17(2)13-19(22)4/h6-15,24-25H,1-5H3,(H,29,32)(H,30,34)/t24-,25-,28+/m0/s1. The fourth-order valence-corrected chi connectivity index (χ4v) is 5.64. The van der Waals surface area contributed by atoms with Gasteiger partial charge in [0.15, 0.2) is 10.8 Å². The SMILES string of the molecule is Cc1cccc(N2C(=S)N[C@H]3c4cc(C)ccc4O[C@]2(C)[C@@H]3C(=O)Nc2ccc(C)cc2C)c1. The van der Waals surface area contributed by atoms with Crippen LogP contribution in [0.15, 0.2) is 60.7 Å². The lowest BCUT2D eigenvalue weighted by Gasteiger charge is -2.56. The summed E-state index contributed by atoms with van der Waals surface area (Å²) in [4.78, 5) is 15.9. The molecular weight excluding hydrogens is 442 g/mol. The third kappa shape index (κ3) is 3.62. The number of hydrogen-bond donors (Lipinski definition) is 2. The van der Waals surface area contributed by atoms with Gasteiger partial charge in [0.2, 0.25) is 5.91 Å². The molecule has 0 saturated carbocycles. The number of carbonyl (C=O) groups excluding carboxylic acids is 1. The molecule has 2 aliphatic rings. The summed E-state index contributed by atoms with van der Waals surface area (Å²) in [5.41, 5.74) is 6.01. The maximum Gasteiger partial charge on any atom is 0.236 e. The molecule has 5 nitrogen and oxygen atoms in total. The Kier molecular flexibility index (Phi) is 5.36. The van der Waals surface area contributed by atoms with Crippen molar-refractivity contribution < 1.29 is 9.53 Å². The Morgan fingerprint density at radius 1 is 1.00 bits per heavy atom. The first-order valence-corrected chi connectivity index (χ1v) is 11.9. The maximum absolute atomic E-state index is 14.0. The van der Waals surface area contributed by atoms with Gasteiger partial charge in [-0.2, -0.15) is 0 Å². The lowest BCUT2D eigenvalue weighted by molar-refractivity contribution is -0.130. The van der Waals surface area contributed by atoms with Crippen LogP contribution in [-0.4, -0.2) is 16.7 Å². The third-order valence-electron chi connectivity index (χ3n) is 6.84. The van der Waals surface area contributed by atoms with Crippen LogP contribution in [0, 0.1) is 33.6 Å². The molecule has 3 atom stereocenters. The van der Waals surface area contributed by atoms with Crippen LogP contribution in [0.4, 0.5) is 11.4 Å². The molecule has 1 saturated heterocycles. The van der Waals surface area contributed by atoms with Crippen molar-refractivity contribution in [1.82, 2.24) is 5.32 Å². The molecule has 2 N–H and O–H groups in total. The quantitative estimate of drug-likeness (QED) is 0.479. The van der Waals surface area contributed by atoms with Crippen molar-refractivity contribution in [2.24, 2.45) is 5.92 Å². The number of fused-ring (bicyclic) bond motifs is 4. The highest BCUT2D eigenvalue weighted by atomic mass is 32.1. The molecule has 0 unspecified atom stereocenters. The largest absolute Gasteiger partial charge is 0.467 e. The summed E-state index contributed by atoms with van der Waals surface area (Å²) in [5, 5.41) is 7.20. The van der Waals surface area contributed by atoms with E-state index in [1.54, 1.807) is 0 Å². The second-order valence-electron chi connectivity index (χ2n) is 9.58. The molecule has 1 amide bonds. The summed E-state index contributed by atoms with van der Waals surface area (Å²) in [6.45, 7) is 10.1. The number of rotatable bonds is 3. The zero-order chi connectivity index (χ0) is 24.2. The highest BCUT2D eigenvalue weighted by molar-refractivity contribution is 7.80. The highest BCUT2D eigenvalue weighted by Gasteiger charge is 2.59. The van der Waals surface area contributed by atoms with E-state index in [2.05, 4.69) is 28.8 Å². The topological polar surface area (TPSA) is 53.6 Å². The summed E-state index contributed by atoms with van der Waals surface area (Å²) in [6, 6.07) is 19.9. The number of anilines is 2. The van der Waals surface area contributed by atoms with E-state index in [0.717, 1.165) is 44.9 Å². The minimum atomic E-state index is -1.02. The molecule has 3 aromatic rings. The van der Waals surface area contributed by atoms with Crippen molar-refractivity contribution in [3.05, 3.63) is 88.5 Å². The molecule has 34 heavy (non-hydrogen) atoms. The van der Waals surface area contributed by atoms with Gasteiger partial charge in [0.05, 0.1) is 6.04 Å². The van der Waals surface area contributed by atoms with Gasteiger partial charge in [-0.05, 0) is 82.2 Å². The first kappa shape index (κ1) is 22.4. The Hall–Kier alpha value is -3.38. The van der Waals surface area contributed by atoms with Crippen molar-refractivity contribution in [3.8, 4) is 5.75 Å². The summed E-state index contributed by atoms with van der Waals surface area (Å²) < 4.78 is 6.68. The van der Waals surface area contributed by atoms with Crippen LogP contribution in [0.1, 0.15) is 40.8 Å². The average molecular weight is 472 g/mol. The molecule has 2 heterocycles. The molecule has 174 valence electrons. The molecule has 0 radical (unpaired) electrons. The molecule has 6 heteroatoms. The van der Waals surface area contributed by atoms with Crippen LogP contribution in [0.25, 0.3) is 0 Å². The van der Waals surface area contributed by atoms with Crippen LogP contribution in [0.5, 0.6) is 5.75 Å². The zero-order valence-corrected chi connectivity index (χ0v) is 20.9. The Morgan fingerprint density at radius 3 is 2.44 bits per heavy atom. The van der Waals surface area contributed by atoms with Gasteiger partial charge in [0.25, 0.3) is 0 Å². The second kappa shape index (κ2) is 8.13. The number of hydrogen-bond acceptors (Lipinski definition) is 3. The fourth-order valence-electron chi connectivity index (χ4n) is 5.22. The fraction of sp³-hybridized carbons (Fsp3) is 0.286. The molecule has 3 aromatic carbocycles. The zero-order valence-electron chi connectivity index (χ0n) is 20.1. The first-order valence-electron chi connectivity index (χ1n) is 11.5.